The topological polar surface area (TPSA) is 66.4 Å². The molecule has 0 saturated carbocycles. The molecule has 0 bridgehead atoms. The van der Waals surface area contributed by atoms with Gasteiger partial charge in [-0.2, -0.15) is 11.8 Å². The molecule has 30 heavy (non-hydrogen) atoms. The Hall–Kier alpha value is -0.910. The van der Waals surface area contributed by atoms with E-state index >= 15 is 0 Å². The number of hydrogen-bond donors (Lipinski definition) is 0. The Bertz CT molecular complexity index is 836. The van der Waals surface area contributed by atoms with Gasteiger partial charge in [0.05, 0.1) is 10.7 Å². The first kappa shape index (κ1) is 25.4. The van der Waals surface area contributed by atoms with E-state index in [1.54, 1.807) is 48.2 Å². The van der Waals surface area contributed by atoms with Gasteiger partial charge < -0.3 is 9.29 Å². The Morgan fingerprint density at radius 3 is 2.37 bits per heavy atom. The minimum Gasteiger partial charge on any atom is -0.768 e. The summed E-state index contributed by atoms with van der Waals surface area (Å²) >= 11 is 6.01. The van der Waals surface area contributed by atoms with Crippen molar-refractivity contribution in [3.05, 3.63) is 65.2 Å². The Balaban J connectivity index is 1.74. The van der Waals surface area contributed by atoms with E-state index in [-0.39, 0.29) is 20.7 Å². The van der Waals surface area contributed by atoms with E-state index in [1.165, 1.54) is 0 Å². The number of hydrogen-bond acceptors (Lipinski definition) is 5. The van der Waals surface area contributed by atoms with Crippen molar-refractivity contribution in [2.24, 2.45) is 0 Å². The number of aryl methyl sites for hydroxylation is 1. The minimum atomic E-state index is -2.22. The summed E-state index contributed by atoms with van der Waals surface area (Å²) in [5.74, 6) is 0.493. The van der Waals surface area contributed by atoms with Gasteiger partial charge in [0.2, 0.25) is 0 Å². The van der Waals surface area contributed by atoms with E-state index in [0.717, 1.165) is 29.5 Å². The molecule has 0 spiro atoms. The van der Waals surface area contributed by atoms with Gasteiger partial charge in [-0.1, -0.05) is 53.6 Å². The Labute approximate surface area is 192 Å². The van der Waals surface area contributed by atoms with Crippen LogP contribution in [0, 0.1) is 0 Å². The maximum Gasteiger partial charge on any atom is 0.338 e. The van der Waals surface area contributed by atoms with Crippen LogP contribution in [0.5, 0.6) is 0 Å². The van der Waals surface area contributed by atoms with Gasteiger partial charge in [0, 0.05) is 15.4 Å². The second kappa shape index (κ2) is 12.2. The second-order valence-corrected chi connectivity index (χ2v) is 12.8. The largest absolute Gasteiger partial charge is 0.768 e. The molecule has 0 radical (unpaired) electrons. The van der Waals surface area contributed by atoms with Crippen LogP contribution in [-0.4, -0.2) is 38.0 Å². The van der Waals surface area contributed by atoms with Crippen molar-refractivity contribution >= 4 is 49.0 Å². The van der Waals surface area contributed by atoms with Crippen molar-refractivity contribution in [2.45, 2.75) is 42.0 Å². The molecule has 0 aliphatic heterocycles. The molecule has 0 aromatic heterocycles. The van der Waals surface area contributed by atoms with Gasteiger partial charge in [0.15, 0.2) is 0 Å². The number of ether oxygens (including phenoxy) is 1. The highest BCUT2D eigenvalue weighted by Gasteiger charge is 2.12. The molecule has 0 heterocycles. The van der Waals surface area contributed by atoms with E-state index in [4.69, 9.17) is 16.3 Å². The second-order valence-electron chi connectivity index (χ2n) is 7.66. The number of carbonyl (C=O) groups excluding carboxylic acids is 1. The average molecular weight is 486 g/mol. The first-order valence-corrected chi connectivity index (χ1v) is 13.4. The number of halogens is 1. The van der Waals surface area contributed by atoms with Crippen LogP contribution < -0.4 is 0 Å². The lowest BCUT2D eigenvalue weighted by molar-refractivity contribution is 0.0530. The van der Waals surface area contributed by atoms with Crippen LogP contribution in [0.1, 0.15) is 47.4 Å². The third kappa shape index (κ3) is 9.07. The SMILES string of the molecule is CC(C)(C)SCCOC(=O)c1ccc(CCPC(Cl)c2ccc(S(=O)[O-])cc2)cc1. The summed E-state index contributed by atoms with van der Waals surface area (Å²) in [7, 11) is 0.505. The fourth-order valence-corrected chi connectivity index (χ4v) is 5.31. The quantitative estimate of drug-likeness (QED) is 0.140. The number of thioether (sulfide) groups is 1. The number of rotatable bonds is 10. The van der Waals surface area contributed by atoms with Gasteiger partial charge in [-0.05, 0) is 59.1 Å². The van der Waals surface area contributed by atoms with E-state index in [9.17, 15) is 13.6 Å². The molecule has 0 N–H and O–H groups in total. The van der Waals surface area contributed by atoms with Crippen LogP contribution in [0.2, 0.25) is 0 Å². The molecule has 164 valence electrons. The normalized spacial score (nSPS) is 14.0. The van der Waals surface area contributed by atoms with Crippen molar-refractivity contribution in [1.29, 1.82) is 0 Å². The molecule has 0 saturated heterocycles. The molecule has 0 aliphatic rings. The molecule has 0 aliphatic carbocycles. The molecule has 2 rings (SSSR count). The molecule has 3 atom stereocenters. The van der Waals surface area contributed by atoms with Crippen molar-refractivity contribution in [1.82, 2.24) is 0 Å². The Morgan fingerprint density at radius 2 is 1.80 bits per heavy atom. The van der Waals surface area contributed by atoms with Gasteiger partial charge in [-0.3, -0.25) is 4.21 Å². The lowest BCUT2D eigenvalue weighted by Gasteiger charge is -2.17. The highest BCUT2D eigenvalue weighted by atomic mass is 35.5. The van der Waals surface area contributed by atoms with Crippen LogP contribution in [0.25, 0.3) is 0 Å². The van der Waals surface area contributed by atoms with Crippen LogP contribution in [0.4, 0.5) is 0 Å². The standard InChI is InChI=1S/C22H28ClO4PS2/c1-22(2,3)29-15-13-27-21(24)18-6-4-16(5-7-18)12-14-28-20(23)17-8-10-19(11-9-17)30(25)26/h4-11,20,28H,12-15H2,1-3H3,(H,25,26)/p-1. The monoisotopic (exact) mass is 485 g/mol. The Kier molecular flexibility index (Phi) is 10.3. The van der Waals surface area contributed by atoms with Crippen molar-refractivity contribution in [3.63, 3.8) is 0 Å². The van der Waals surface area contributed by atoms with Crippen LogP contribution in [0.15, 0.2) is 53.4 Å². The van der Waals surface area contributed by atoms with Gasteiger partial charge in [0.1, 0.15) is 6.61 Å². The van der Waals surface area contributed by atoms with Crippen LogP contribution in [-0.2, 0) is 22.2 Å². The summed E-state index contributed by atoms with van der Waals surface area (Å²) in [6, 6.07) is 14.2. The molecule has 2 aromatic carbocycles. The number of esters is 1. The summed E-state index contributed by atoms with van der Waals surface area (Å²) in [5, 5.41) is -0.139. The zero-order valence-electron chi connectivity index (χ0n) is 17.4. The third-order valence-electron chi connectivity index (χ3n) is 4.14. The van der Waals surface area contributed by atoms with Crippen molar-refractivity contribution in [2.75, 3.05) is 18.5 Å². The number of alkyl halides is 1. The summed E-state index contributed by atoms with van der Waals surface area (Å²) in [6.07, 6.45) is 1.78. The zero-order chi connectivity index (χ0) is 22.1. The average Bonchev–Trinajstić information content (AvgIpc) is 2.71. The maximum absolute atomic E-state index is 12.1. The van der Waals surface area contributed by atoms with Gasteiger partial charge >= 0.3 is 5.97 Å². The van der Waals surface area contributed by atoms with Gasteiger partial charge in [-0.15, -0.1) is 11.6 Å². The Morgan fingerprint density at radius 1 is 1.17 bits per heavy atom. The van der Waals surface area contributed by atoms with Crippen LogP contribution in [0.3, 0.4) is 0 Å². The first-order chi connectivity index (χ1) is 14.2. The smallest absolute Gasteiger partial charge is 0.338 e. The van der Waals surface area contributed by atoms with E-state index < -0.39 is 11.1 Å². The lowest BCUT2D eigenvalue weighted by Crippen LogP contribution is -2.13. The van der Waals surface area contributed by atoms with E-state index in [1.807, 2.05) is 12.1 Å². The van der Waals surface area contributed by atoms with Gasteiger partial charge in [0.25, 0.3) is 0 Å². The van der Waals surface area contributed by atoms with Crippen molar-refractivity contribution < 1.29 is 18.3 Å². The minimum absolute atomic E-state index is 0.139. The molecular formula is C22H27ClO4PS2-. The van der Waals surface area contributed by atoms with E-state index in [0.29, 0.717) is 20.8 Å². The summed E-state index contributed by atoms with van der Waals surface area (Å²) in [4.78, 5) is 12.4. The molecule has 0 amide bonds. The third-order valence-corrected chi connectivity index (χ3v) is 7.98. The fraction of sp³-hybridized carbons (Fsp3) is 0.409. The zero-order valence-corrected chi connectivity index (χ0v) is 20.7. The van der Waals surface area contributed by atoms with Gasteiger partial charge in [-0.25, -0.2) is 4.79 Å². The fourth-order valence-electron chi connectivity index (χ4n) is 2.58. The number of benzene rings is 2. The molecule has 3 unspecified atom stereocenters. The van der Waals surface area contributed by atoms with E-state index in [2.05, 4.69) is 20.8 Å². The highest BCUT2D eigenvalue weighted by molar-refractivity contribution is 8.00. The predicted molar refractivity (Wildman–Crippen MR) is 128 cm³/mol. The summed E-state index contributed by atoms with van der Waals surface area (Å²) in [5.41, 5.74) is 2.63. The molecule has 0 fully saturated rings. The number of carbonyl (C=O) groups is 1. The highest BCUT2D eigenvalue weighted by Crippen LogP contribution is 2.38. The molecule has 4 nitrogen and oxygen atoms in total. The maximum atomic E-state index is 12.1. The summed E-state index contributed by atoms with van der Waals surface area (Å²) in [6.45, 7) is 6.82. The van der Waals surface area contributed by atoms with Crippen LogP contribution >= 0.6 is 31.9 Å². The predicted octanol–water partition coefficient (Wildman–Crippen LogP) is 5.77. The lowest BCUT2D eigenvalue weighted by atomic mass is 10.1. The summed E-state index contributed by atoms with van der Waals surface area (Å²) < 4.78 is 27.3. The van der Waals surface area contributed by atoms with Crippen molar-refractivity contribution in [3.8, 4) is 0 Å². The molecular weight excluding hydrogens is 459 g/mol. The first-order valence-electron chi connectivity index (χ1n) is 9.62. The molecule has 8 heteroatoms. The molecule has 2 aromatic rings.